The lowest BCUT2D eigenvalue weighted by molar-refractivity contribution is -0.139. The molecular weight excluding hydrogens is 516 g/mol. The molecule has 2 aliphatic heterocycles. The van der Waals surface area contributed by atoms with Gasteiger partial charge in [-0.2, -0.15) is 0 Å². The molecular formula is C29H34N4O5S. The van der Waals surface area contributed by atoms with E-state index in [0.29, 0.717) is 40.0 Å². The van der Waals surface area contributed by atoms with Crippen LogP contribution in [0.5, 0.6) is 11.5 Å². The number of rotatable bonds is 11. The van der Waals surface area contributed by atoms with Crippen molar-refractivity contribution in [2.24, 2.45) is 4.99 Å². The van der Waals surface area contributed by atoms with E-state index in [4.69, 9.17) is 19.2 Å². The van der Waals surface area contributed by atoms with Gasteiger partial charge in [0.1, 0.15) is 0 Å². The van der Waals surface area contributed by atoms with Crippen LogP contribution in [0, 0.1) is 0 Å². The molecule has 39 heavy (non-hydrogen) atoms. The van der Waals surface area contributed by atoms with Crippen LogP contribution >= 0.6 is 11.8 Å². The number of ether oxygens (including phenoxy) is 3. The fraction of sp³-hybridized carbons (Fsp3) is 0.345. The Labute approximate surface area is 233 Å². The van der Waals surface area contributed by atoms with Gasteiger partial charge < -0.3 is 29.3 Å². The van der Waals surface area contributed by atoms with Gasteiger partial charge >= 0.3 is 5.97 Å². The van der Waals surface area contributed by atoms with E-state index in [1.54, 1.807) is 27.2 Å². The van der Waals surface area contributed by atoms with E-state index >= 15 is 0 Å². The highest BCUT2D eigenvalue weighted by Crippen LogP contribution is 2.50. The number of fused-ring (bicyclic) bond motifs is 1. The van der Waals surface area contributed by atoms with Gasteiger partial charge in [-0.3, -0.25) is 4.79 Å². The Morgan fingerprint density at radius 1 is 1.08 bits per heavy atom. The van der Waals surface area contributed by atoms with Crippen LogP contribution in [0.3, 0.4) is 0 Å². The summed E-state index contributed by atoms with van der Waals surface area (Å²) in [6.07, 6.45) is 0.124. The van der Waals surface area contributed by atoms with Crippen LogP contribution in [-0.2, 0) is 14.3 Å². The molecule has 0 bridgehead atoms. The summed E-state index contributed by atoms with van der Waals surface area (Å²) < 4.78 is 17.0. The van der Waals surface area contributed by atoms with Crippen LogP contribution in [0.4, 0.5) is 0 Å². The van der Waals surface area contributed by atoms with Crippen LogP contribution in [-0.4, -0.2) is 74.9 Å². The van der Waals surface area contributed by atoms with Crippen molar-refractivity contribution in [3.05, 3.63) is 76.3 Å². The van der Waals surface area contributed by atoms with Gasteiger partial charge in [0.05, 0.1) is 44.6 Å². The van der Waals surface area contributed by atoms with Crippen molar-refractivity contribution in [3.8, 4) is 11.5 Å². The summed E-state index contributed by atoms with van der Waals surface area (Å²) in [6.45, 7) is 3.24. The van der Waals surface area contributed by atoms with Gasteiger partial charge in [0.2, 0.25) is 5.91 Å². The zero-order valence-corrected chi connectivity index (χ0v) is 23.7. The minimum Gasteiger partial charge on any atom is -0.493 e. The zero-order valence-electron chi connectivity index (χ0n) is 22.9. The van der Waals surface area contributed by atoms with Crippen molar-refractivity contribution in [2.45, 2.75) is 19.4 Å². The number of hydrogen-bond acceptors (Lipinski definition) is 9. The highest BCUT2D eigenvalue weighted by atomic mass is 32.2. The van der Waals surface area contributed by atoms with E-state index in [1.807, 2.05) is 71.8 Å². The van der Waals surface area contributed by atoms with Crippen molar-refractivity contribution in [1.29, 1.82) is 0 Å². The summed E-state index contributed by atoms with van der Waals surface area (Å²) in [4.78, 5) is 35.5. The van der Waals surface area contributed by atoms with E-state index in [9.17, 15) is 9.59 Å². The molecule has 0 spiro atoms. The average Bonchev–Trinajstić information content (AvgIpc) is 3.33. The molecule has 2 heterocycles. The number of amidine groups is 1. The molecule has 9 nitrogen and oxygen atoms in total. The third kappa shape index (κ3) is 6.12. The van der Waals surface area contributed by atoms with Gasteiger partial charge in [-0.15, -0.1) is 0 Å². The number of methoxy groups -OCH3 is 2. The number of amides is 1. The summed E-state index contributed by atoms with van der Waals surface area (Å²) in [5.74, 6) is 0.423. The Bertz CT molecular complexity index is 1310. The number of hydrogen-bond donors (Lipinski definition) is 1. The first-order chi connectivity index (χ1) is 18.9. The number of nitrogens with zero attached hydrogens (tertiary/aromatic N) is 3. The number of nitrogens with one attached hydrogen (secondary N) is 1. The molecule has 2 aromatic rings. The minimum absolute atomic E-state index is 0.114. The van der Waals surface area contributed by atoms with Crippen molar-refractivity contribution in [2.75, 3.05) is 48.0 Å². The van der Waals surface area contributed by atoms with Gasteiger partial charge in [-0.25, -0.2) is 9.79 Å². The maximum absolute atomic E-state index is 13.7. The van der Waals surface area contributed by atoms with Crippen molar-refractivity contribution in [1.82, 2.24) is 15.1 Å². The number of carbonyl (C=O) groups is 2. The van der Waals surface area contributed by atoms with E-state index in [0.717, 1.165) is 17.8 Å². The van der Waals surface area contributed by atoms with E-state index in [1.165, 1.54) is 11.8 Å². The zero-order chi connectivity index (χ0) is 27.9. The fourth-order valence-electron chi connectivity index (χ4n) is 4.56. The molecule has 206 valence electrons. The lowest BCUT2D eigenvalue weighted by Gasteiger charge is -2.37. The number of aliphatic imine (C=N–C) groups is 1. The summed E-state index contributed by atoms with van der Waals surface area (Å²) in [7, 11) is 7.05. The Balaban J connectivity index is 1.86. The molecule has 0 aliphatic carbocycles. The van der Waals surface area contributed by atoms with E-state index < -0.39 is 12.0 Å². The maximum Gasteiger partial charge on any atom is 0.338 e. The lowest BCUT2D eigenvalue weighted by atomic mass is 9.90. The van der Waals surface area contributed by atoms with Gasteiger partial charge in [-0.1, -0.05) is 54.2 Å². The fourth-order valence-corrected chi connectivity index (χ4v) is 5.47. The van der Waals surface area contributed by atoms with E-state index in [2.05, 4.69) is 5.32 Å². The third-order valence-corrected chi connectivity index (χ3v) is 7.19. The number of benzene rings is 2. The largest absolute Gasteiger partial charge is 0.493 e. The van der Waals surface area contributed by atoms with E-state index in [-0.39, 0.29) is 18.9 Å². The second-order valence-corrected chi connectivity index (χ2v) is 9.99. The number of carbonyl (C=O) groups excluding carboxylic acids is 2. The molecule has 0 fully saturated rings. The Kier molecular flexibility index (Phi) is 9.32. The molecule has 0 saturated heterocycles. The predicted octanol–water partition coefficient (Wildman–Crippen LogP) is 4.05. The van der Waals surface area contributed by atoms with Crippen LogP contribution in [0.1, 0.15) is 30.5 Å². The highest BCUT2D eigenvalue weighted by Gasteiger charge is 2.43. The second-order valence-electron chi connectivity index (χ2n) is 9.16. The van der Waals surface area contributed by atoms with Gasteiger partial charge in [0.25, 0.3) is 0 Å². The Morgan fingerprint density at radius 3 is 2.51 bits per heavy atom. The van der Waals surface area contributed by atoms with Gasteiger partial charge in [-0.05, 0) is 32.5 Å². The topological polar surface area (TPSA) is 92.7 Å². The van der Waals surface area contributed by atoms with Crippen molar-refractivity contribution >= 4 is 34.5 Å². The first kappa shape index (κ1) is 28.3. The molecule has 1 unspecified atom stereocenters. The van der Waals surface area contributed by atoms with Crippen LogP contribution in [0.2, 0.25) is 0 Å². The first-order valence-corrected chi connectivity index (χ1v) is 13.6. The summed E-state index contributed by atoms with van der Waals surface area (Å²) in [5, 5.41) is 5.55. The standard InChI is InChI=1S/C29H34N4O5S/c1-6-38-28(35)24-25(19-11-8-7-9-12-19)31-29-33(20(18-39-29)17-23(34)30-15-16-32(2)3)26(24)21-13-10-14-22(36-4)27(21)37-5/h7-14,18,26H,6,15-17H2,1-5H3,(H,30,34). The van der Waals surface area contributed by atoms with Crippen LogP contribution in [0.25, 0.3) is 5.70 Å². The molecule has 10 heteroatoms. The summed E-state index contributed by atoms with van der Waals surface area (Å²) in [5.41, 5.74) is 3.09. The molecule has 4 rings (SSSR count). The van der Waals surface area contributed by atoms with Crippen molar-refractivity contribution < 1.29 is 23.8 Å². The molecule has 2 aromatic carbocycles. The smallest absolute Gasteiger partial charge is 0.338 e. The number of para-hydroxylation sites is 1. The summed E-state index contributed by atoms with van der Waals surface area (Å²) in [6, 6.07) is 14.4. The first-order valence-electron chi connectivity index (χ1n) is 12.7. The normalized spacial score (nSPS) is 16.5. The monoisotopic (exact) mass is 550 g/mol. The molecule has 1 atom stereocenters. The number of thioether (sulfide) groups is 1. The Morgan fingerprint density at radius 2 is 1.85 bits per heavy atom. The lowest BCUT2D eigenvalue weighted by Crippen LogP contribution is -2.38. The average molecular weight is 551 g/mol. The molecule has 0 radical (unpaired) electrons. The summed E-state index contributed by atoms with van der Waals surface area (Å²) >= 11 is 1.42. The predicted molar refractivity (Wildman–Crippen MR) is 153 cm³/mol. The molecule has 1 N–H and O–H groups in total. The Hall–Kier alpha value is -3.76. The second kappa shape index (κ2) is 12.9. The van der Waals surface area contributed by atoms with Crippen molar-refractivity contribution in [3.63, 3.8) is 0 Å². The molecule has 0 saturated carbocycles. The SMILES string of the molecule is CCOC(=O)C1=C(c2ccccc2)N=C2SC=C(CC(=O)NCCN(C)C)N2C1c1cccc(OC)c1OC. The molecule has 2 aliphatic rings. The quantitative estimate of drug-likeness (QED) is 0.419. The number of esters is 1. The number of likely N-dealkylation sites (N-methyl/N-ethyl adjacent to an activating group) is 1. The van der Waals surface area contributed by atoms with Gasteiger partial charge in [0, 0.05) is 29.9 Å². The maximum atomic E-state index is 13.7. The third-order valence-electron chi connectivity index (χ3n) is 6.30. The minimum atomic E-state index is -0.673. The van der Waals surface area contributed by atoms with Crippen LogP contribution < -0.4 is 14.8 Å². The van der Waals surface area contributed by atoms with Gasteiger partial charge in [0.15, 0.2) is 16.7 Å². The van der Waals surface area contributed by atoms with Crippen LogP contribution in [0.15, 0.2) is 70.2 Å². The molecule has 0 aromatic heterocycles. The molecule has 1 amide bonds. The highest BCUT2D eigenvalue weighted by molar-refractivity contribution is 8.16.